The minimum atomic E-state index is -0.650. The lowest BCUT2D eigenvalue weighted by molar-refractivity contribution is -0.127. The molecule has 3 N–H and O–H groups in total. The van der Waals surface area contributed by atoms with E-state index in [2.05, 4.69) is 12.2 Å². The Labute approximate surface area is 133 Å². The molecule has 122 valence electrons. The van der Waals surface area contributed by atoms with Gasteiger partial charge in [0.25, 0.3) is 0 Å². The zero-order chi connectivity index (χ0) is 15.8. The Bertz CT molecular complexity index is 455. The van der Waals surface area contributed by atoms with Crippen molar-refractivity contribution in [2.45, 2.75) is 51.2 Å². The van der Waals surface area contributed by atoms with Crippen molar-refractivity contribution < 1.29 is 9.53 Å². The zero-order valence-corrected chi connectivity index (χ0v) is 13.5. The molecule has 1 atom stereocenters. The van der Waals surface area contributed by atoms with E-state index in [9.17, 15) is 4.79 Å². The third kappa shape index (κ3) is 5.11. The molecule has 0 spiro atoms. The summed E-state index contributed by atoms with van der Waals surface area (Å²) in [5, 5.41) is 3.00. The Morgan fingerprint density at radius 2 is 1.95 bits per heavy atom. The second-order valence-corrected chi connectivity index (χ2v) is 6.53. The van der Waals surface area contributed by atoms with Gasteiger partial charge >= 0.3 is 0 Å². The number of rotatable bonds is 7. The minimum absolute atomic E-state index is 0.00195. The highest BCUT2D eigenvalue weighted by atomic mass is 16.5. The summed E-state index contributed by atoms with van der Waals surface area (Å²) in [4.78, 5) is 12.2. The van der Waals surface area contributed by atoms with E-state index >= 15 is 0 Å². The van der Waals surface area contributed by atoms with E-state index in [1.54, 1.807) is 0 Å². The van der Waals surface area contributed by atoms with Crippen molar-refractivity contribution in [1.82, 2.24) is 5.32 Å². The highest BCUT2D eigenvalue weighted by Crippen LogP contribution is 2.25. The molecule has 0 heterocycles. The predicted molar refractivity (Wildman–Crippen MR) is 88.3 cm³/mol. The first-order valence-corrected chi connectivity index (χ1v) is 8.29. The Balaban J connectivity index is 1.64. The molecule has 1 aromatic carbocycles. The van der Waals surface area contributed by atoms with Gasteiger partial charge in [0.15, 0.2) is 0 Å². The molecular weight excluding hydrogens is 276 g/mol. The fourth-order valence-corrected chi connectivity index (χ4v) is 2.86. The molecule has 22 heavy (non-hydrogen) atoms. The van der Waals surface area contributed by atoms with Gasteiger partial charge in [-0.25, -0.2) is 0 Å². The van der Waals surface area contributed by atoms with Crippen LogP contribution in [0.1, 0.15) is 44.6 Å². The van der Waals surface area contributed by atoms with Gasteiger partial charge in [0.2, 0.25) is 5.91 Å². The molecule has 1 aliphatic rings. The average molecular weight is 304 g/mol. The Kier molecular flexibility index (Phi) is 6.40. The average Bonchev–Trinajstić information content (AvgIpc) is 2.54. The van der Waals surface area contributed by atoms with Crippen LogP contribution in [0, 0.1) is 5.92 Å². The number of ether oxygens (including phenoxy) is 1. The summed E-state index contributed by atoms with van der Waals surface area (Å²) < 4.78 is 5.70. The number of benzene rings is 1. The molecule has 1 amide bonds. The first-order chi connectivity index (χ1) is 10.6. The summed E-state index contributed by atoms with van der Waals surface area (Å²) in [7, 11) is 0. The largest absolute Gasteiger partial charge is 0.376 e. The Morgan fingerprint density at radius 3 is 2.64 bits per heavy atom. The lowest BCUT2D eigenvalue weighted by atomic mass is 9.82. The van der Waals surface area contributed by atoms with Crippen LogP contribution in [0.3, 0.4) is 0 Å². The number of nitrogens with one attached hydrogen (secondary N) is 1. The summed E-state index contributed by atoms with van der Waals surface area (Å²) in [6, 6.07) is 10.1. The van der Waals surface area contributed by atoms with Crippen LogP contribution in [0.2, 0.25) is 0 Å². The molecule has 0 saturated heterocycles. The van der Waals surface area contributed by atoms with E-state index in [-0.39, 0.29) is 11.8 Å². The topological polar surface area (TPSA) is 64.4 Å². The lowest BCUT2D eigenvalue weighted by Crippen LogP contribution is -2.55. The molecule has 1 saturated carbocycles. The normalized spacial score (nSPS) is 18.6. The molecule has 0 radical (unpaired) electrons. The summed E-state index contributed by atoms with van der Waals surface area (Å²) in [5.41, 5.74) is 6.74. The summed E-state index contributed by atoms with van der Waals surface area (Å²) in [6.45, 7) is 3.94. The van der Waals surface area contributed by atoms with E-state index in [1.165, 1.54) is 12.0 Å². The predicted octanol–water partition coefficient (Wildman–Crippen LogP) is 2.62. The van der Waals surface area contributed by atoms with Crippen LogP contribution in [-0.2, 0) is 16.1 Å². The maximum absolute atomic E-state index is 12.2. The molecule has 2 rings (SSSR count). The zero-order valence-electron chi connectivity index (χ0n) is 13.5. The number of carbonyl (C=O) groups is 1. The van der Waals surface area contributed by atoms with Gasteiger partial charge < -0.3 is 15.8 Å². The molecule has 0 aliphatic heterocycles. The molecule has 1 aliphatic carbocycles. The van der Waals surface area contributed by atoms with E-state index in [0.29, 0.717) is 19.8 Å². The second kappa shape index (κ2) is 8.30. The smallest absolute Gasteiger partial charge is 0.240 e. The van der Waals surface area contributed by atoms with Gasteiger partial charge in [-0.3, -0.25) is 4.79 Å². The van der Waals surface area contributed by atoms with Gasteiger partial charge in [-0.15, -0.1) is 0 Å². The fraction of sp³-hybridized carbons (Fsp3) is 0.611. The standard InChI is InChI=1S/C18H28N2O2/c1-15(13-22-14-16-8-4-2-5-9-16)12-20-17(21)18(19)10-6-3-7-11-18/h2,4-5,8-9,15H,3,6-7,10-14,19H2,1H3,(H,20,21). The Morgan fingerprint density at radius 1 is 1.27 bits per heavy atom. The van der Waals surface area contributed by atoms with E-state index < -0.39 is 5.54 Å². The van der Waals surface area contributed by atoms with Crippen LogP contribution >= 0.6 is 0 Å². The van der Waals surface area contributed by atoms with Gasteiger partial charge in [-0.1, -0.05) is 56.5 Å². The molecule has 1 aromatic rings. The second-order valence-electron chi connectivity index (χ2n) is 6.53. The number of amides is 1. The number of nitrogens with two attached hydrogens (primary N) is 1. The maximum Gasteiger partial charge on any atom is 0.240 e. The minimum Gasteiger partial charge on any atom is -0.376 e. The molecule has 0 bridgehead atoms. The molecule has 0 aromatic heterocycles. The monoisotopic (exact) mass is 304 g/mol. The summed E-state index contributed by atoms with van der Waals surface area (Å²) in [5.74, 6) is 0.280. The van der Waals surface area contributed by atoms with Crippen molar-refractivity contribution in [2.75, 3.05) is 13.2 Å². The number of hydrogen-bond donors (Lipinski definition) is 2. The first kappa shape index (κ1) is 17.0. The maximum atomic E-state index is 12.2. The van der Waals surface area contributed by atoms with Crippen molar-refractivity contribution in [2.24, 2.45) is 11.7 Å². The van der Waals surface area contributed by atoms with Crippen molar-refractivity contribution in [3.05, 3.63) is 35.9 Å². The van der Waals surface area contributed by atoms with Crippen LogP contribution in [0.15, 0.2) is 30.3 Å². The summed E-state index contributed by atoms with van der Waals surface area (Å²) >= 11 is 0. The van der Waals surface area contributed by atoms with Crippen LogP contribution < -0.4 is 11.1 Å². The summed E-state index contributed by atoms with van der Waals surface area (Å²) in [6.07, 6.45) is 4.91. The SMILES string of the molecule is CC(CNC(=O)C1(N)CCCCC1)COCc1ccccc1. The molecule has 1 fully saturated rings. The van der Waals surface area contributed by atoms with Crippen molar-refractivity contribution in [1.29, 1.82) is 0 Å². The quantitative estimate of drug-likeness (QED) is 0.814. The van der Waals surface area contributed by atoms with E-state index in [0.717, 1.165) is 25.7 Å². The van der Waals surface area contributed by atoms with Crippen LogP contribution in [0.25, 0.3) is 0 Å². The number of hydrogen-bond acceptors (Lipinski definition) is 3. The highest BCUT2D eigenvalue weighted by molar-refractivity contribution is 5.86. The van der Waals surface area contributed by atoms with Crippen molar-refractivity contribution in [3.8, 4) is 0 Å². The first-order valence-electron chi connectivity index (χ1n) is 8.29. The molecular formula is C18H28N2O2. The van der Waals surface area contributed by atoms with Gasteiger partial charge in [0, 0.05) is 6.54 Å². The van der Waals surface area contributed by atoms with Gasteiger partial charge in [-0.2, -0.15) is 0 Å². The third-order valence-corrected chi connectivity index (χ3v) is 4.32. The Hall–Kier alpha value is -1.39. The van der Waals surface area contributed by atoms with E-state index in [4.69, 9.17) is 10.5 Å². The molecule has 4 nitrogen and oxygen atoms in total. The van der Waals surface area contributed by atoms with Crippen LogP contribution in [0.4, 0.5) is 0 Å². The van der Waals surface area contributed by atoms with Crippen molar-refractivity contribution >= 4 is 5.91 Å². The third-order valence-electron chi connectivity index (χ3n) is 4.32. The van der Waals surface area contributed by atoms with Crippen LogP contribution in [-0.4, -0.2) is 24.6 Å². The van der Waals surface area contributed by atoms with Gasteiger partial charge in [0.05, 0.1) is 18.8 Å². The molecule has 4 heteroatoms. The fourth-order valence-electron chi connectivity index (χ4n) is 2.86. The number of carbonyl (C=O) groups excluding carboxylic acids is 1. The van der Waals surface area contributed by atoms with Gasteiger partial charge in [-0.05, 0) is 24.3 Å². The van der Waals surface area contributed by atoms with Crippen molar-refractivity contribution in [3.63, 3.8) is 0 Å². The van der Waals surface area contributed by atoms with E-state index in [1.807, 2.05) is 30.3 Å². The molecule has 1 unspecified atom stereocenters. The highest BCUT2D eigenvalue weighted by Gasteiger charge is 2.35. The lowest BCUT2D eigenvalue weighted by Gasteiger charge is -2.32. The van der Waals surface area contributed by atoms with Crippen LogP contribution in [0.5, 0.6) is 0 Å². The van der Waals surface area contributed by atoms with Gasteiger partial charge in [0.1, 0.15) is 0 Å².